The van der Waals surface area contributed by atoms with Gasteiger partial charge in [0.05, 0.1) is 12.2 Å². The highest BCUT2D eigenvalue weighted by molar-refractivity contribution is 5.11. The lowest BCUT2D eigenvalue weighted by molar-refractivity contribution is -0.0675. The van der Waals surface area contributed by atoms with Crippen molar-refractivity contribution in [2.45, 2.75) is 76.5 Å². The molecule has 0 radical (unpaired) electrons. The molecule has 1 unspecified atom stereocenters. The molecule has 100 valence electrons. The third-order valence-corrected chi connectivity index (χ3v) is 4.84. The largest absolute Gasteiger partial charge is 0.385 e. The lowest BCUT2D eigenvalue weighted by atomic mass is 9.62. The quantitative estimate of drug-likeness (QED) is 0.740. The van der Waals surface area contributed by atoms with E-state index in [1.54, 1.807) is 0 Å². The minimum Gasteiger partial charge on any atom is -0.385 e. The van der Waals surface area contributed by atoms with Gasteiger partial charge in [-0.2, -0.15) is 0 Å². The number of ether oxygens (including phenoxy) is 1. The maximum Gasteiger partial charge on any atom is 0.109 e. The first-order valence-corrected chi connectivity index (χ1v) is 6.73. The summed E-state index contributed by atoms with van der Waals surface area (Å²) in [6.07, 6.45) is 4.63. The summed E-state index contributed by atoms with van der Waals surface area (Å²) in [5.74, 6) is 0. The van der Waals surface area contributed by atoms with Crippen LogP contribution in [0.3, 0.4) is 0 Å². The molecule has 17 heavy (non-hydrogen) atoms. The fraction of sp³-hybridized carbons (Fsp3) is 1.00. The number of rotatable bonds is 1. The van der Waals surface area contributed by atoms with E-state index < -0.39 is 11.1 Å². The maximum absolute atomic E-state index is 10.8. The average molecular weight is 241 g/mol. The SMILES string of the molecule is CC1(C)CCC(N)(C2(O)COC(C)(C)C2)CC1. The van der Waals surface area contributed by atoms with Crippen LogP contribution in [-0.4, -0.2) is 28.5 Å². The first-order valence-electron chi connectivity index (χ1n) is 6.73. The van der Waals surface area contributed by atoms with E-state index in [-0.39, 0.29) is 5.60 Å². The second kappa shape index (κ2) is 3.69. The lowest BCUT2D eigenvalue weighted by Gasteiger charge is -2.48. The van der Waals surface area contributed by atoms with E-state index in [0.29, 0.717) is 18.4 Å². The molecule has 1 aliphatic heterocycles. The van der Waals surface area contributed by atoms with Crippen LogP contribution in [0.25, 0.3) is 0 Å². The van der Waals surface area contributed by atoms with E-state index in [1.807, 2.05) is 13.8 Å². The first-order chi connectivity index (χ1) is 7.58. The van der Waals surface area contributed by atoms with Crippen LogP contribution < -0.4 is 5.73 Å². The van der Waals surface area contributed by atoms with Gasteiger partial charge >= 0.3 is 0 Å². The number of aliphatic hydroxyl groups is 1. The number of nitrogens with two attached hydrogens (primary N) is 1. The van der Waals surface area contributed by atoms with Crippen LogP contribution in [-0.2, 0) is 4.74 Å². The Bertz CT molecular complexity index is 301. The summed E-state index contributed by atoms with van der Waals surface area (Å²) >= 11 is 0. The van der Waals surface area contributed by atoms with Crippen LogP contribution in [0.5, 0.6) is 0 Å². The third-order valence-electron chi connectivity index (χ3n) is 4.84. The molecule has 0 spiro atoms. The second-order valence-corrected chi connectivity index (χ2v) is 7.58. The molecule has 0 aromatic rings. The number of hydrogen-bond acceptors (Lipinski definition) is 3. The molecule has 0 bridgehead atoms. The van der Waals surface area contributed by atoms with Crippen LogP contribution in [0.4, 0.5) is 0 Å². The molecule has 1 atom stereocenters. The van der Waals surface area contributed by atoms with Gasteiger partial charge in [-0.1, -0.05) is 13.8 Å². The summed E-state index contributed by atoms with van der Waals surface area (Å²) in [6.45, 7) is 9.01. The van der Waals surface area contributed by atoms with E-state index in [1.165, 1.54) is 0 Å². The zero-order valence-electron chi connectivity index (χ0n) is 11.7. The Hall–Kier alpha value is -0.120. The Balaban J connectivity index is 2.12. The van der Waals surface area contributed by atoms with Crippen LogP contribution in [0.15, 0.2) is 0 Å². The highest BCUT2D eigenvalue weighted by Crippen LogP contribution is 2.48. The fourth-order valence-electron chi connectivity index (χ4n) is 3.28. The third kappa shape index (κ3) is 2.38. The molecule has 0 amide bonds. The Morgan fingerprint density at radius 2 is 1.53 bits per heavy atom. The van der Waals surface area contributed by atoms with Crippen molar-refractivity contribution < 1.29 is 9.84 Å². The molecule has 2 aliphatic rings. The Morgan fingerprint density at radius 1 is 1.00 bits per heavy atom. The van der Waals surface area contributed by atoms with Gasteiger partial charge in [-0.3, -0.25) is 0 Å². The first kappa shape index (κ1) is 13.3. The van der Waals surface area contributed by atoms with Crippen LogP contribution in [0.1, 0.15) is 59.8 Å². The van der Waals surface area contributed by atoms with Gasteiger partial charge in [-0.25, -0.2) is 0 Å². The monoisotopic (exact) mass is 241 g/mol. The van der Waals surface area contributed by atoms with Gasteiger partial charge in [0, 0.05) is 12.0 Å². The molecule has 3 nitrogen and oxygen atoms in total. The topological polar surface area (TPSA) is 55.5 Å². The van der Waals surface area contributed by atoms with Gasteiger partial charge in [0.25, 0.3) is 0 Å². The second-order valence-electron chi connectivity index (χ2n) is 7.58. The molecule has 2 rings (SSSR count). The molecular weight excluding hydrogens is 214 g/mol. The van der Waals surface area contributed by atoms with Crippen LogP contribution in [0, 0.1) is 5.41 Å². The highest BCUT2D eigenvalue weighted by atomic mass is 16.5. The summed E-state index contributed by atoms with van der Waals surface area (Å²) < 4.78 is 5.70. The van der Waals surface area contributed by atoms with Crippen molar-refractivity contribution >= 4 is 0 Å². The number of hydrogen-bond donors (Lipinski definition) is 2. The van der Waals surface area contributed by atoms with Crippen molar-refractivity contribution in [2.24, 2.45) is 11.1 Å². The molecule has 1 saturated heterocycles. The maximum atomic E-state index is 10.8. The van der Waals surface area contributed by atoms with E-state index in [4.69, 9.17) is 10.5 Å². The standard InChI is InChI=1S/C14H27NO2/c1-11(2)5-7-13(15,8-6-11)14(16)9-12(3,4)17-10-14/h16H,5-10,15H2,1-4H3. The van der Waals surface area contributed by atoms with E-state index in [9.17, 15) is 5.11 Å². The molecule has 0 aromatic heterocycles. The molecule has 1 aliphatic carbocycles. The van der Waals surface area contributed by atoms with Gasteiger partial charge in [0.15, 0.2) is 0 Å². The van der Waals surface area contributed by atoms with E-state index in [0.717, 1.165) is 25.7 Å². The molecule has 3 N–H and O–H groups in total. The Morgan fingerprint density at radius 3 is 1.94 bits per heavy atom. The van der Waals surface area contributed by atoms with Gasteiger partial charge in [-0.15, -0.1) is 0 Å². The molecule has 1 saturated carbocycles. The van der Waals surface area contributed by atoms with Crippen molar-refractivity contribution in [1.82, 2.24) is 0 Å². The van der Waals surface area contributed by atoms with Crippen LogP contribution in [0.2, 0.25) is 0 Å². The van der Waals surface area contributed by atoms with E-state index >= 15 is 0 Å². The van der Waals surface area contributed by atoms with Crippen molar-refractivity contribution in [1.29, 1.82) is 0 Å². The summed E-state index contributed by atoms with van der Waals surface area (Å²) in [6, 6.07) is 0. The average Bonchev–Trinajstić information content (AvgIpc) is 2.48. The minimum absolute atomic E-state index is 0.242. The predicted molar refractivity (Wildman–Crippen MR) is 68.8 cm³/mol. The Labute approximate surface area is 105 Å². The summed E-state index contributed by atoms with van der Waals surface area (Å²) in [7, 11) is 0. The smallest absolute Gasteiger partial charge is 0.109 e. The van der Waals surface area contributed by atoms with Crippen molar-refractivity contribution in [3.8, 4) is 0 Å². The lowest BCUT2D eigenvalue weighted by Crippen LogP contribution is -2.63. The van der Waals surface area contributed by atoms with E-state index in [2.05, 4.69) is 13.8 Å². The van der Waals surface area contributed by atoms with Crippen molar-refractivity contribution in [2.75, 3.05) is 6.61 Å². The Kier molecular flexibility index (Phi) is 2.89. The van der Waals surface area contributed by atoms with Gasteiger partial charge in [0.1, 0.15) is 5.60 Å². The molecule has 3 heteroatoms. The zero-order chi connectivity index (χ0) is 12.9. The zero-order valence-corrected chi connectivity index (χ0v) is 11.7. The molecular formula is C14H27NO2. The summed E-state index contributed by atoms with van der Waals surface area (Å²) in [5.41, 5.74) is 5.34. The van der Waals surface area contributed by atoms with Crippen molar-refractivity contribution in [3.63, 3.8) is 0 Å². The minimum atomic E-state index is -0.840. The fourth-order valence-corrected chi connectivity index (χ4v) is 3.28. The molecule has 1 heterocycles. The van der Waals surface area contributed by atoms with Gasteiger partial charge < -0.3 is 15.6 Å². The summed E-state index contributed by atoms with van der Waals surface area (Å²) in [5, 5.41) is 10.8. The molecule has 2 fully saturated rings. The van der Waals surface area contributed by atoms with Crippen molar-refractivity contribution in [3.05, 3.63) is 0 Å². The summed E-state index contributed by atoms with van der Waals surface area (Å²) in [4.78, 5) is 0. The normalized spacial score (nSPS) is 39.2. The molecule has 0 aromatic carbocycles. The van der Waals surface area contributed by atoms with Gasteiger partial charge in [-0.05, 0) is 44.9 Å². The predicted octanol–water partition coefficient (Wildman–Crippen LogP) is 2.21. The van der Waals surface area contributed by atoms with Crippen LogP contribution >= 0.6 is 0 Å². The highest BCUT2D eigenvalue weighted by Gasteiger charge is 2.56. The van der Waals surface area contributed by atoms with Gasteiger partial charge in [0.2, 0.25) is 0 Å².